The third-order valence-electron chi connectivity index (χ3n) is 3.52. The van der Waals surface area contributed by atoms with Gasteiger partial charge in [-0.05, 0) is 55.3 Å². The van der Waals surface area contributed by atoms with E-state index in [2.05, 4.69) is 49.3 Å². The normalized spacial score (nSPS) is 12.2. The first-order valence-corrected chi connectivity index (χ1v) is 6.96. The third-order valence-corrected chi connectivity index (χ3v) is 3.52. The van der Waals surface area contributed by atoms with Crippen molar-refractivity contribution in [1.82, 2.24) is 10.3 Å². The number of aryl methyl sites for hydroxylation is 2. The van der Waals surface area contributed by atoms with E-state index in [1.54, 1.807) is 7.11 Å². The van der Waals surface area contributed by atoms with Crippen LogP contribution >= 0.6 is 0 Å². The predicted octanol–water partition coefficient (Wildman–Crippen LogP) is 3.41. The van der Waals surface area contributed by atoms with Crippen LogP contribution in [0.2, 0.25) is 0 Å². The van der Waals surface area contributed by atoms with Gasteiger partial charge in [0.15, 0.2) is 0 Å². The summed E-state index contributed by atoms with van der Waals surface area (Å²) < 4.78 is 5.28. The molecule has 1 N–H and O–H groups in total. The summed E-state index contributed by atoms with van der Waals surface area (Å²) in [6.45, 7) is 7.22. The second-order valence-corrected chi connectivity index (χ2v) is 4.92. The summed E-state index contributed by atoms with van der Waals surface area (Å²) in [6.07, 6.45) is 1.85. The van der Waals surface area contributed by atoms with Gasteiger partial charge in [-0.25, -0.2) is 0 Å². The maximum absolute atomic E-state index is 5.28. The molecule has 1 heterocycles. The molecule has 3 nitrogen and oxygen atoms in total. The highest BCUT2D eigenvalue weighted by molar-refractivity contribution is 5.41. The Labute approximate surface area is 121 Å². The Morgan fingerprint density at radius 1 is 1.20 bits per heavy atom. The van der Waals surface area contributed by atoms with E-state index in [0.29, 0.717) is 0 Å². The summed E-state index contributed by atoms with van der Waals surface area (Å²) in [4.78, 5) is 4.56. The Bertz CT molecular complexity index is 581. The lowest BCUT2D eigenvalue weighted by atomic mass is 9.96. The number of methoxy groups -OCH3 is 1. The highest BCUT2D eigenvalue weighted by Crippen LogP contribution is 2.28. The topological polar surface area (TPSA) is 34.1 Å². The first-order chi connectivity index (χ1) is 9.67. The van der Waals surface area contributed by atoms with E-state index < -0.39 is 0 Å². The van der Waals surface area contributed by atoms with Crippen LogP contribution in [0, 0.1) is 13.8 Å². The Hall–Kier alpha value is -1.87. The van der Waals surface area contributed by atoms with Crippen molar-refractivity contribution in [1.29, 1.82) is 0 Å². The average molecular weight is 270 g/mol. The van der Waals surface area contributed by atoms with Gasteiger partial charge >= 0.3 is 0 Å². The Morgan fingerprint density at radius 3 is 2.60 bits per heavy atom. The molecule has 0 spiro atoms. The van der Waals surface area contributed by atoms with Gasteiger partial charge in [-0.15, -0.1) is 0 Å². The van der Waals surface area contributed by atoms with Crippen LogP contribution in [0.1, 0.15) is 35.3 Å². The van der Waals surface area contributed by atoms with Crippen molar-refractivity contribution >= 4 is 0 Å². The van der Waals surface area contributed by atoms with Gasteiger partial charge in [-0.1, -0.05) is 19.1 Å². The van der Waals surface area contributed by atoms with Crippen LogP contribution in [0.15, 0.2) is 36.5 Å². The molecule has 1 aromatic carbocycles. The second kappa shape index (κ2) is 6.53. The van der Waals surface area contributed by atoms with Crippen molar-refractivity contribution < 1.29 is 4.74 Å². The van der Waals surface area contributed by atoms with Gasteiger partial charge in [0, 0.05) is 6.20 Å². The highest BCUT2D eigenvalue weighted by Gasteiger charge is 2.18. The van der Waals surface area contributed by atoms with Crippen molar-refractivity contribution in [2.24, 2.45) is 0 Å². The maximum atomic E-state index is 5.28. The average Bonchev–Trinajstić information content (AvgIpc) is 2.46. The van der Waals surface area contributed by atoms with Crippen LogP contribution in [0.5, 0.6) is 5.75 Å². The fourth-order valence-corrected chi connectivity index (χ4v) is 2.46. The number of nitrogens with one attached hydrogen (secondary N) is 1. The minimum absolute atomic E-state index is 0.118. The highest BCUT2D eigenvalue weighted by atomic mass is 16.5. The van der Waals surface area contributed by atoms with Crippen molar-refractivity contribution in [3.05, 3.63) is 58.9 Å². The van der Waals surface area contributed by atoms with Crippen LogP contribution in [0.25, 0.3) is 0 Å². The standard InChI is InChI=1S/C17H22N2O/c1-5-18-17(16-12(2)7-6-10-19-16)15-9-8-14(20-4)11-13(15)3/h6-11,17-18H,5H2,1-4H3. The van der Waals surface area contributed by atoms with E-state index in [-0.39, 0.29) is 6.04 Å². The van der Waals surface area contributed by atoms with Gasteiger partial charge in [0.2, 0.25) is 0 Å². The lowest BCUT2D eigenvalue weighted by Crippen LogP contribution is -2.24. The molecule has 3 heteroatoms. The van der Waals surface area contributed by atoms with Crippen LogP contribution in [0.3, 0.4) is 0 Å². The molecule has 1 aromatic heterocycles. The van der Waals surface area contributed by atoms with Crippen LogP contribution in [-0.4, -0.2) is 18.6 Å². The SMILES string of the molecule is CCNC(c1ccc(OC)cc1C)c1ncccc1C. The number of rotatable bonds is 5. The molecule has 0 saturated heterocycles. The third kappa shape index (κ3) is 2.99. The lowest BCUT2D eigenvalue weighted by molar-refractivity contribution is 0.414. The molecule has 0 bridgehead atoms. The van der Waals surface area contributed by atoms with Crippen molar-refractivity contribution in [2.75, 3.05) is 13.7 Å². The summed E-state index contributed by atoms with van der Waals surface area (Å²) in [6, 6.07) is 10.4. The van der Waals surface area contributed by atoms with E-state index in [1.807, 2.05) is 18.3 Å². The molecule has 0 aliphatic carbocycles. The van der Waals surface area contributed by atoms with E-state index in [4.69, 9.17) is 4.74 Å². The van der Waals surface area contributed by atoms with E-state index >= 15 is 0 Å². The predicted molar refractivity (Wildman–Crippen MR) is 82.2 cm³/mol. The van der Waals surface area contributed by atoms with Gasteiger partial charge < -0.3 is 10.1 Å². The second-order valence-electron chi connectivity index (χ2n) is 4.92. The van der Waals surface area contributed by atoms with Crippen LogP contribution in [-0.2, 0) is 0 Å². The molecule has 0 amide bonds. The molecule has 2 rings (SSSR count). The fraction of sp³-hybridized carbons (Fsp3) is 0.353. The first kappa shape index (κ1) is 14.5. The number of hydrogen-bond donors (Lipinski definition) is 1. The number of pyridine rings is 1. The molecular weight excluding hydrogens is 248 g/mol. The molecule has 0 aliphatic heterocycles. The summed E-state index contributed by atoms with van der Waals surface area (Å²) in [5.74, 6) is 0.888. The molecule has 1 unspecified atom stereocenters. The van der Waals surface area contributed by atoms with Gasteiger partial charge in [-0.3, -0.25) is 4.98 Å². The summed E-state index contributed by atoms with van der Waals surface area (Å²) in [5.41, 5.74) is 4.74. The van der Waals surface area contributed by atoms with Crippen molar-refractivity contribution in [2.45, 2.75) is 26.8 Å². The zero-order valence-electron chi connectivity index (χ0n) is 12.6. The molecule has 20 heavy (non-hydrogen) atoms. The summed E-state index contributed by atoms with van der Waals surface area (Å²) in [7, 11) is 1.69. The van der Waals surface area contributed by atoms with E-state index in [9.17, 15) is 0 Å². The van der Waals surface area contributed by atoms with Gasteiger partial charge in [0.05, 0.1) is 18.8 Å². The zero-order chi connectivity index (χ0) is 14.5. The lowest BCUT2D eigenvalue weighted by Gasteiger charge is -2.22. The Morgan fingerprint density at radius 2 is 2.00 bits per heavy atom. The summed E-state index contributed by atoms with van der Waals surface area (Å²) in [5, 5.41) is 3.53. The minimum Gasteiger partial charge on any atom is -0.497 e. The molecule has 1 atom stereocenters. The Balaban J connectivity index is 2.46. The maximum Gasteiger partial charge on any atom is 0.119 e. The molecule has 0 aliphatic rings. The number of nitrogens with zero attached hydrogens (tertiary/aromatic N) is 1. The van der Waals surface area contributed by atoms with Gasteiger partial charge in [0.25, 0.3) is 0 Å². The van der Waals surface area contributed by atoms with Crippen molar-refractivity contribution in [3.8, 4) is 5.75 Å². The van der Waals surface area contributed by atoms with Crippen LogP contribution < -0.4 is 10.1 Å². The Kier molecular flexibility index (Phi) is 4.74. The quantitative estimate of drug-likeness (QED) is 0.904. The minimum atomic E-state index is 0.118. The zero-order valence-corrected chi connectivity index (χ0v) is 12.6. The summed E-state index contributed by atoms with van der Waals surface area (Å²) >= 11 is 0. The van der Waals surface area contributed by atoms with Crippen molar-refractivity contribution in [3.63, 3.8) is 0 Å². The van der Waals surface area contributed by atoms with Gasteiger partial charge in [0.1, 0.15) is 5.75 Å². The molecule has 106 valence electrons. The fourth-order valence-electron chi connectivity index (χ4n) is 2.46. The number of hydrogen-bond acceptors (Lipinski definition) is 3. The molecule has 2 aromatic rings. The number of ether oxygens (including phenoxy) is 1. The largest absolute Gasteiger partial charge is 0.497 e. The molecule has 0 fully saturated rings. The molecular formula is C17H22N2O. The monoisotopic (exact) mass is 270 g/mol. The molecule has 0 saturated carbocycles. The van der Waals surface area contributed by atoms with Gasteiger partial charge in [-0.2, -0.15) is 0 Å². The van der Waals surface area contributed by atoms with E-state index in [0.717, 1.165) is 18.0 Å². The van der Waals surface area contributed by atoms with E-state index in [1.165, 1.54) is 16.7 Å². The molecule has 0 radical (unpaired) electrons. The van der Waals surface area contributed by atoms with Crippen LogP contribution in [0.4, 0.5) is 0 Å². The number of benzene rings is 1. The smallest absolute Gasteiger partial charge is 0.119 e. The first-order valence-electron chi connectivity index (χ1n) is 6.96. The number of aromatic nitrogens is 1.